The Morgan fingerprint density at radius 2 is 1.61 bits per heavy atom. The Bertz CT molecular complexity index is 349. The second kappa shape index (κ2) is 11.5. The minimum atomic E-state index is -0.721. The molecule has 2 atom stereocenters. The number of carboxylic acid groups (broad SMARTS) is 2. The van der Waals surface area contributed by atoms with E-state index in [2.05, 4.69) is 20.8 Å². The number of unbranched alkanes of at least 4 members (excludes halogenated alkanes) is 1. The molecule has 0 saturated heterocycles. The Hall–Kier alpha value is -1.06. The molecule has 0 rings (SSSR count). The predicted molar refractivity (Wildman–Crippen MR) is 93.6 cm³/mol. The van der Waals surface area contributed by atoms with Crippen molar-refractivity contribution in [3.63, 3.8) is 0 Å². The second-order valence-electron chi connectivity index (χ2n) is 7.90. The van der Waals surface area contributed by atoms with E-state index in [1.54, 1.807) is 0 Å². The summed E-state index contributed by atoms with van der Waals surface area (Å²) in [5.74, 6) is -0.709. The van der Waals surface area contributed by atoms with Crippen molar-refractivity contribution in [2.45, 2.75) is 91.9 Å². The molecule has 136 valence electrons. The maximum atomic E-state index is 10.8. The molecule has 0 aromatic rings. The van der Waals surface area contributed by atoms with Crippen LogP contribution in [0.25, 0.3) is 0 Å². The van der Waals surface area contributed by atoms with Gasteiger partial charge >= 0.3 is 11.9 Å². The molecule has 0 heterocycles. The van der Waals surface area contributed by atoms with E-state index in [1.165, 1.54) is 6.42 Å². The number of hydrogen-bond acceptors (Lipinski definition) is 2. The van der Waals surface area contributed by atoms with Gasteiger partial charge in [0, 0.05) is 12.8 Å². The van der Waals surface area contributed by atoms with Crippen LogP contribution in [-0.2, 0) is 9.59 Å². The zero-order valence-corrected chi connectivity index (χ0v) is 15.4. The maximum absolute atomic E-state index is 10.8. The highest BCUT2D eigenvalue weighted by molar-refractivity contribution is 5.67. The summed E-state index contributed by atoms with van der Waals surface area (Å²) in [5, 5.41) is 17.7. The lowest BCUT2D eigenvalue weighted by Crippen LogP contribution is -2.18. The minimum absolute atomic E-state index is 0.150. The zero-order valence-electron chi connectivity index (χ0n) is 15.4. The topological polar surface area (TPSA) is 74.6 Å². The third-order valence-corrected chi connectivity index (χ3v) is 4.62. The first-order valence-electron chi connectivity index (χ1n) is 9.10. The lowest BCUT2D eigenvalue weighted by molar-refractivity contribution is -0.138. The molecule has 0 aliphatic carbocycles. The zero-order chi connectivity index (χ0) is 17.9. The highest BCUT2D eigenvalue weighted by Crippen LogP contribution is 2.34. The molecule has 0 radical (unpaired) electrons. The molecule has 0 aromatic carbocycles. The maximum Gasteiger partial charge on any atom is 0.303 e. The van der Waals surface area contributed by atoms with Crippen molar-refractivity contribution >= 4 is 11.9 Å². The molecule has 0 spiro atoms. The Kier molecular flexibility index (Phi) is 10.9. The van der Waals surface area contributed by atoms with Crippen molar-refractivity contribution in [1.82, 2.24) is 0 Å². The van der Waals surface area contributed by atoms with E-state index in [1.807, 2.05) is 6.92 Å². The van der Waals surface area contributed by atoms with E-state index >= 15 is 0 Å². The SMILES string of the molecule is CCCCC(CCCC(C)(C)CC(C)CC(=O)O)CCC(=O)O. The number of carbonyl (C=O) groups is 2. The lowest BCUT2D eigenvalue weighted by atomic mass is 9.77. The summed E-state index contributed by atoms with van der Waals surface area (Å²) in [7, 11) is 0. The van der Waals surface area contributed by atoms with Gasteiger partial charge in [-0.25, -0.2) is 0 Å². The molecule has 0 aliphatic rings. The molecular formula is C19H36O4. The number of aliphatic carboxylic acids is 2. The summed E-state index contributed by atoms with van der Waals surface area (Å²) in [4.78, 5) is 21.6. The van der Waals surface area contributed by atoms with Crippen LogP contribution in [0.1, 0.15) is 91.9 Å². The van der Waals surface area contributed by atoms with Crippen LogP contribution < -0.4 is 0 Å². The molecule has 4 heteroatoms. The van der Waals surface area contributed by atoms with Crippen LogP contribution in [0.2, 0.25) is 0 Å². The first kappa shape index (κ1) is 21.9. The van der Waals surface area contributed by atoms with Crippen LogP contribution in [0.3, 0.4) is 0 Å². The molecule has 2 unspecified atom stereocenters. The van der Waals surface area contributed by atoms with Crippen LogP contribution in [0.5, 0.6) is 0 Å². The van der Waals surface area contributed by atoms with Gasteiger partial charge in [-0.2, -0.15) is 0 Å². The van der Waals surface area contributed by atoms with Gasteiger partial charge in [0.1, 0.15) is 0 Å². The Labute approximate surface area is 141 Å². The average Bonchev–Trinajstić information content (AvgIpc) is 2.39. The normalized spacial score (nSPS) is 14.4. The molecule has 4 nitrogen and oxygen atoms in total. The first-order valence-corrected chi connectivity index (χ1v) is 9.10. The van der Waals surface area contributed by atoms with E-state index in [0.29, 0.717) is 5.92 Å². The molecule has 23 heavy (non-hydrogen) atoms. The Balaban J connectivity index is 4.21. The number of hydrogen-bond donors (Lipinski definition) is 2. The fourth-order valence-electron chi connectivity index (χ4n) is 3.54. The Morgan fingerprint density at radius 1 is 1.00 bits per heavy atom. The average molecular weight is 328 g/mol. The quantitative estimate of drug-likeness (QED) is 0.450. The second-order valence-corrected chi connectivity index (χ2v) is 7.90. The molecule has 0 fully saturated rings. The third-order valence-electron chi connectivity index (χ3n) is 4.62. The highest BCUT2D eigenvalue weighted by atomic mass is 16.4. The molecule has 0 aromatic heterocycles. The smallest absolute Gasteiger partial charge is 0.303 e. The monoisotopic (exact) mass is 328 g/mol. The van der Waals surface area contributed by atoms with Crippen molar-refractivity contribution in [2.75, 3.05) is 0 Å². The minimum Gasteiger partial charge on any atom is -0.481 e. The molecular weight excluding hydrogens is 292 g/mol. The summed E-state index contributed by atoms with van der Waals surface area (Å²) in [6.45, 7) is 8.60. The van der Waals surface area contributed by atoms with Gasteiger partial charge in [0.05, 0.1) is 0 Å². The van der Waals surface area contributed by atoms with E-state index < -0.39 is 11.9 Å². The van der Waals surface area contributed by atoms with Gasteiger partial charge in [-0.15, -0.1) is 0 Å². The van der Waals surface area contributed by atoms with E-state index in [9.17, 15) is 9.59 Å². The molecule has 2 N–H and O–H groups in total. The standard InChI is InChI=1S/C19H36O4/c1-5-6-8-16(10-11-17(20)21)9-7-12-19(3,4)14-15(2)13-18(22)23/h15-16H,5-14H2,1-4H3,(H,20,21)(H,22,23). The van der Waals surface area contributed by atoms with Crippen molar-refractivity contribution in [3.8, 4) is 0 Å². The van der Waals surface area contributed by atoms with Crippen LogP contribution in [0.4, 0.5) is 0 Å². The predicted octanol–water partition coefficient (Wildman–Crippen LogP) is 5.36. The molecule has 0 saturated carbocycles. The van der Waals surface area contributed by atoms with Crippen molar-refractivity contribution in [2.24, 2.45) is 17.3 Å². The number of rotatable bonds is 14. The van der Waals surface area contributed by atoms with E-state index in [0.717, 1.165) is 44.9 Å². The van der Waals surface area contributed by atoms with Gasteiger partial charge < -0.3 is 10.2 Å². The lowest BCUT2D eigenvalue weighted by Gasteiger charge is -2.28. The van der Waals surface area contributed by atoms with Crippen molar-refractivity contribution in [1.29, 1.82) is 0 Å². The largest absolute Gasteiger partial charge is 0.481 e. The fraction of sp³-hybridized carbons (Fsp3) is 0.895. The highest BCUT2D eigenvalue weighted by Gasteiger charge is 2.23. The van der Waals surface area contributed by atoms with Crippen LogP contribution >= 0.6 is 0 Å². The third kappa shape index (κ3) is 13.1. The van der Waals surface area contributed by atoms with Gasteiger partial charge in [-0.05, 0) is 36.5 Å². The van der Waals surface area contributed by atoms with Gasteiger partial charge in [0.15, 0.2) is 0 Å². The summed E-state index contributed by atoms with van der Waals surface area (Å²) >= 11 is 0. The summed E-state index contributed by atoms with van der Waals surface area (Å²) in [5.41, 5.74) is 0.150. The molecule has 0 amide bonds. The van der Waals surface area contributed by atoms with E-state index in [4.69, 9.17) is 10.2 Å². The number of carboxylic acids is 2. The van der Waals surface area contributed by atoms with Crippen LogP contribution in [0, 0.1) is 17.3 Å². The van der Waals surface area contributed by atoms with E-state index in [-0.39, 0.29) is 24.2 Å². The van der Waals surface area contributed by atoms with Crippen molar-refractivity contribution < 1.29 is 19.8 Å². The van der Waals surface area contributed by atoms with Gasteiger partial charge in [0.25, 0.3) is 0 Å². The Morgan fingerprint density at radius 3 is 2.13 bits per heavy atom. The summed E-state index contributed by atoms with van der Waals surface area (Å²) in [6, 6.07) is 0. The van der Waals surface area contributed by atoms with Gasteiger partial charge in [-0.1, -0.05) is 59.8 Å². The van der Waals surface area contributed by atoms with Gasteiger partial charge in [-0.3, -0.25) is 9.59 Å². The molecule has 0 bridgehead atoms. The van der Waals surface area contributed by atoms with Crippen LogP contribution in [0.15, 0.2) is 0 Å². The van der Waals surface area contributed by atoms with Crippen molar-refractivity contribution in [3.05, 3.63) is 0 Å². The summed E-state index contributed by atoms with van der Waals surface area (Å²) < 4.78 is 0. The summed E-state index contributed by atoms with van der Waals surface area (Å²) in [6.07, 6.45) is 8.93. The first-order chi connectivity index (χ1) is 10.7. The van der Waals surface area contributed by atoms with Gasteiger partial charge in [0.2, 0.25) is 0 Å². The fourth-order valence-corrected chi connectivity index (χ4v) is 3.54. The van der Waals surface area contributed by atoms with Crippen LogP contribution in [-0.4, -0.2) is 22.2 Å². The molecule has 0 aliphatic heterocycles.